The maximum atomic E-state index is 6.03. The predicted molar refractivity (Wildman–Crippen MR) is 413 cm³/mol. The topological polar surface area (TPSA) is 79.2 Å². The maximum absolute atomic E-state index is 6.03. The Balaban J connectivity index is 0.000000159. The number of halogens is 1. The van der Waals surface area contributed by atoms with E-state index in [-0.39, 0.29) is 66.5 Å². The van der Waals surface area contributed by atoms with Crippen molar-refractivity contribution >= 4 is 41.7 Å². The van der Waals surface area contributed by atoms with E-state index < -0.39 is 0 Å². The average Bonchev–Trinajstić information content (AvgIpc) is 1.69. The van der Waals surface area contributed by atoms with Crippen LogP contribution in [0, 0.1) is 31.2 Å². The third-order valence-electron chi connectivity index (χ3n) is 18.0. The van der Waals surface area contributed by atoms with Crippen LogP contribution in [-0.2, 0) is 49.5 Å². The number of ether oxygens (including phenoxy) is 1. The second kappa shape index (κ2) is 40.7. The van der Waals surface area contributed by atoms with Crippen LogP contribution in [0.15, 0.2) is 290 Å². The van der Waals surface area contributed by atoms with Crippen LogP contribution in [0.1, 0.15) is 97.5 Å². The third-order valence-corrected chi connectivity index (χ3v) is 22.1. The number of hydrogen-bond donors (Lipinski definition) is 0. The van der Waals surface area contributed by atoms with Crippen molar-refractivity contribution in [3.8, 4) is 73.0 Å². The second-order valence-corrected chi connectivity index (χ2v) is 29.0. The summed E-state index contributed by atoms with van der Waals surface area (Å²) in [5.74, 6) is 1.02. The number of aromatic nitrogens is 4. The average molecular weight is 1750 g/mol. The van der Waals surface area contributed by atoms with Crippen LogP contribution in [0.5, 0.6) is 5.75 Å². The van der Waals surface area contributed by atoms with Gasteiger partial charge in [-0.25, -0.2) is 0 Å². The molecule has 1 aliphatic heterocycles. The van der Waals surface area contributed by atoms with Gasteiger partial charge in [-0.3, -0.25) is 0 Å². The van der Waals surface area contributed by atoms with Gasteiger partial charge in [-0.1, -0.05) is 196 Å². The van der Waals surface area contributed by atoms with Gasteiger partial charge in [0.15, 0.2) is 0 Å². The van der Waals surface area contributed by atoms with E-state index in [4.69, 9.17) is 14.0 Å². The number of benzene rings is 8. The molecular formula is C88H87BBrIr2N4O3P-4. The van der Waals surface area contributed by atoms with Crippen molar-refractivity contribution in [2.24, 2.45) is 0 Å². The fraction of sp³-hybridized carbons (Fsp3) is 0.227. The minimum absolute atomic E-state index is 0. The molecule has 0 atom stereocenters. The van der Waals surface area contributed by atoms with Crippen LogP contribution in [0.4, 0.5) is 0 Å². The first-order valence-corrected chi connectivity index (χ1v) is 36.5. The molecule has 5 heterocycles. The zero-order valence-electron chi connectivity index (χ0n) is 57.9. The van der Waals surface area contributed by atoms with Crippen LogP contribution in [0.2, 0.25) is 0 Å². The van der Waals surface area contributed by atoms with E-state index in [9.17, 15) is 0 Å². The van der Waals surface area contributed by atoms with Crippen molar-refractivity contribution < 1.29 is 54.3 Å². The Morgan fingerprint density at radius 1 is 0.430 bits per heavy atom. The van der Waals surface area contributed by atoms with Crippen molar-refractivity contribution in [2.75, 3.05) is 7.11 Å². The second-order valence-electron chi connectivity index (χ2n) is 25.4. The van der Waals surface area contributed by atoms with E-state index in [1.54, 1.807) is 17.7 Å². The van der Waals surface area contributed by atoms with E-state index in [0.717, 1.165) is 77.6 Å². The first kappa shape index (κ1) is 78.1. The Kier molecular flexibility index (Phi) is 31.8. The van der Waals surface area contributed by atoms with Crippen molar-refractivity contribution in [3.63, 3.8) is 0 Å². The molecule has 1 saturated heterocycles. The molecule has 0 spiro atoms. The normalized spacial score (nSPS) is 14.3. The summed E-state index contributed by atoms with van der Waals surface area (Å²) in [5, 5.41) is 1.66. The van der Waals surface area contributed by atoms with E-state index in [0.29, 0.717) is 0 Å². The molecule has 0 amide bonds. The van der Waals surface area contributed by atoms with Gasteiger partial charge in [0, 0.05) is 75.0 Å². The van der Waals surface area contributed by atoms with E-state index in [1.165, 1.54) is 86.5 Å². The largest absolute Gasteiger partial charge is 0.496 e. The van der Waals surface area contributed by atoms with Gasteiger partial charge in [0.1, 0.15) is 5.75 Å². The number of hydrogen-bond acceptors (Lipinski definition) is 7. The Hall–Kier alpha value is -7.65. The molecule has 2 aliphatic carbocycles. The molecular weight excluding hydrogens is 1670 g/mol. The monoisotopic (exact) mass is 1750 g/mol. The Morgan fingerprint density at radius 2 is 0.860 bits per heavy atom. The first-order chi connectivity index (χ1) is 47.9. The van der Waals surface area contributed by atoms with Gasteiger partial charge in [0.2, 0.25) is 0 Å². The smallest absolute Gasteiger partial charge is 0.496 e. The minimum Gasteiger partial charge on any atom is -0.496 e. The van der Waals surface area contributed by atoms with Crippen molar-refractivity contribution in [1.82, 2.24) is 19.9 Å². The number of methoxy groups -OCH3 is 1. The molecule has 12 heteroatoms. The molecule has 0 N–H and O–H groups in total. The summed E-state index contributed by atoms with van der Waals surface area (Å²) in [4.78, 5) is 17.4. The third kappa shape index (κ3) is 22.7. The van der Waals surface area contributed by atoms with Crippen molar-refractivity contribution in [2.45, 2.75) is 121 Å². The number of nitrogens with zero attached hydrogens (tertiary/aromatic N) is 4. The summed E-state index contributed by atoms with van der Waals surface area (Å²) in [5.41, 5.74) is 16.4. The van der Waals surface area contributed by atoms with Crippen LogP contribution in [0.3, 0.4) is 0 Å². The molecule has 3 aliphatic rings. The molecule has 100 heavy (non-hydrogen) atoms. The number of aryl methyl sites for hydroxylation is 1. The predicted octanol–water partition coefficient (Wildman–Crippen LogP) is 22.0. The van der Waals surface area contributed by atoms with E-state index in [1.807, 2.05) is 247 Å². The first-order valence-electron chi connectivity index (χ1n) is 34.2. The van der Waals surface area contributed by atoms with Gasteiger partial charge in [-0.15, -0.1) is 144 Å². The molecule has 2 saturated carbocycles. The summed E-state index contributed by atoms with van der Waals surface area (Å²) < 4.78 is 19.0. The number of pyridine rings is 4. The molecule has 3 fully saturated rings. The Labute approximate surface area is 632 Å². The molecule has 8 aromatic carbocycles. The van der Waals surface area contributed by atoms with Crippen LogP contribution in [0.25, 0.3) is 67.3 Å². The summed E-state index contributed by atoms with van der Waals surface area (Å²) >= 11 is 3.31. The van der Waals surface area contributed by atoms with Crippen LogP contribution in [-0.4, -0.2) is 56.7 Å². The van der Waals surface area contributed by atoms with Crippen LogP contribution >= 0.6 is 23.9 Å². The summed E-state index contributed by atoms with van der Waals surface area (Å²) in [7, 11) is 1.33. The quantitative estimate of drug-likeness (QED) is 0.0725. The molecule has 4 aromatic heterocycles. The summed E-state index contributed by atoms with van der Waals surface area (Å²) in [6.07, 6.45) is 21.7. The van der Waals surface area contributed by atoms with Gasteiger partial charge < -0.3 is 34.0 Å². The van der Waals surface area contributed by atoms with Crippen molar-refractivity contribution in [1.29, 1.82) is 0 Å². The zero-order valence-corrected chi connectivity index (χ0v) is 65.2. The zero-order chi connectivity index (χ0) is 68.2. The van der Waals surface area contributed by atoms with Crippen molar-refractivity contribution in [3.05, 3.63) is 320 Å². The molecule has 0 unspecified atom stereocenters. The standard InChI is InChI=1S/C26H35OP.C17H19BNO2.C17H12N.2C11H8N.C6H5Br.2Ir/c1-20-12-11-18-24(27-2)26(20)23-17-9-10-19-25(23)28(21-13-5-3-6-14-21)22-15-7-4-8-16-22;1-16(2)17(3,4)21-18(20-16)14-10-11-15(19-12-14)13-8-6-5-7-9-13;1-3-7-14(8-4-1)16-11-12-17(18-13-16)15-9-5-2-6-10-15;2*1-2-6-10(7-3-1)11-8-4-5-9-12-11;7-6-4-2-1-3-5-6;;/h9-12,17-19,21-22H,3-8,13-16H2,1-2H3;5-8,10-12H,1-4H3;1-9,11-13H;2*1-6,8-9H;1-5H;;/q;4*-1;;;. The molecule has 514 valence electrons. The molecule has 12 aromatic rings. The van der Waals surface area contributed by atoms with Gasteiger partial charge in [-0.05, 0) is 158 Å². The molecule has 7 nitrogen and oxygen atoms in total. The minimum atomic E-state index is -0.365. The van der Waals surface area contributed by atoms with Gasteiger partial charge in [0.25, 0.3) is 0 Å². The Morgan fingerprint density at radius 3 is 1.26 bits per heavy atom. The molecule has 2 radical (unpaired) electrons. The SMILES string of the molecule is Brc1ccccc1.CC1(C)OB(c2ccc(-c3[c-]cccc3)nc2)OC1(C)C.COc1cccc(C)c1-c1ccccc1P(C1CCCCC1)C1CCCCC1.[Ir].[Ir].[c-]1ccccc1-c1ccc(-c2ccccc2)cn1.[c-]1ccccc1-c1ccccn1.[c-]1ccccc1-c1ccccn1. The van der Waals surface area contributed by atoms with E-state index in [2.05, 4.69) is 128 Å². The summed E-state index contributed by atoms with van der Waals surface area (Å²) in [6, 6.07) is 99.9. The molecule has 15 rings (SSSR count). The van der Waals surface area contributed by atoms with Crippen LogP contribution < -0.4 is 15.5 Å². The maximum Gasteiger partial charge on any atom is 0.496 e. The Bertz CT molecular complexity index is 3980. The van der Waals surface area contributed by atoms with E-state index >= 15 is 0 Å². The van der Waals surface area contributed by atoms with Gasteiger partial charge in [-0.2, -0.15) is 0 Å². The molecule has 0 bridgehead atoms. The fourth-order valence-electron chi connectivity index (χ4n) is 12.2. The van der Waals surface area contributed by atoms with Gasteiger partial charge in [0.05, 0.1) is 18.3 Å². The van der Waals surface area contributed by atoms with Gasteiger partial charge >= 0.3 is 7.12 Å². The summed E-state index contributed by atoms with van der Waals surface area (Å²) in [6.45, 7) is 10.4. The fourth-order valence-corrected chi connectivity index (χ4v) is 16.4. The number of rotatable bonds is 11.